The van der Waals surface area contributed by atoms with Crippen LogP contribution in [0.15, 0.2) is 54.6 Å². The van der Waals surface area contributed by atoms with Crippen LogP contribution in [0.2, 0.25) is 0 Å². The van der Waals surface area contributed by atoms with Crippen molar-refractivity contribution in [2.75, 3.05) is 20.3 Å². The van der Waals surface area contributed by atoms with Crippen molar-refractivity contribution >= 4 is 17.7 Å². The molecule has 0 amide bonds. The van der Waals surface area contributed by atoms with Crippen LogP contribution in [0.3, 0.4) is 0 Å². The first kappa shape index (κ1) is 24.9. The van der Waals surface area contributed by atoms with E-state index in [1.54, 1.807) is 6.07 Å². The lowest BCUT2D eigenvalue weighted by Crippen LogP contribution is -2.51. The normalized spacial score (nSPS) is 13.0. The lowest BCUT2D eigenvalue weighted by molar-refractivity contribution is -0.207. The smallest absolute Gasteiger partial charge is 0.491 e. The molecular weight excluding hydrogens is 433 g/mol. The molecule has 0 saturated carbocycles. The van der Waals surface area contributed by atoms with Crippen molar-refractivity contribution in [3.8, 4) is 11.5 Å². The summed E-state index contributed by atoms with van der Waals surface area (Å²) >= 11 is 0. The summed E-state index contributed by atoms with van der Waals surface area (Å²) in [6.07, 6.45) is -5.74. The molecule has 0 aliphatic carbocycles. The topological polar surface area (TPSA) is 88.1 Å². The quantitative estimate of drug-likeness (QED) is 0.308. The summed E-state index contributed by atoms with van der Waals surface area (Å²) in [6.45, 7) is 1.92. The number of rotatable bonds is 10. The fourth-order valence-electron chi connectivity index (χ4n) is 2.71. The van der Waals surface area contributed by atoms with Gasteiger partial charge in [-0.05, 0) is 24.3 Å². The number of carbonyl (C=O) groups is 3. The van der Waals surface area contributed by atoms with Crippen LogP contribution < -0.4 is 9.47 Å². The van der Waals surface area contributed by atoms with Crippen molar-refractivity contribution < 1.29 is 46.5 Å². The number of esters is 2. The molecule has 0 aliphatic heterocycles. The Morgan fingerprint density at radius 2 is 1.47 bits per heavy atom. The van der Waals surface area contributed by atoms with E-state index < -0.39 is 29.5 Å². The molecule has 2 rings (SSSR count). The second-order valence-electron chi connectivity index (χ2n) is 6.41. The molecule has 1 atom stereocenters. The van der Waals surface area contributed by atoms with Crippen molar-refractivity contribution in [1.82, 2.24) is 0 Å². The molecule has 0 heterocycles. The van der Waals surface area contributed by atoms with E-state index in [4.69, 9.17) is 14.2 Å². The first-order chi connectivity index (χ1) is 15.1. The fourth-order valence-corrected chi connectivity index (χ4v) is 2.71. The van der Waals surface area contributed by atoms with Crippen LogP contribution in [0, 0.1) is 0 Å². The highest BCUT2D eigenvalue weighted by Crippen LogP contribution is 2.34. The van der Waals surface area contributed by atoms with E-state index in [2.05, 4.69) is 4.74 Å². The molecule has 0 aliphatic rings. The average molecular weight is 454 g/mol. The SMILES string of the molecule is CCC(=O)C(Oc1ccccc1)(C(=O)OC(=O)C(F)(F)F)c1ccc(OCCOC)cc1. The number of benzene rings is 2. The van der Waals surface area contributed by atoms with Gasteiger partial charge in [0.05, 0.1) is 6.61 Å². The molecule has 172 valence electrons. The summed E-state index contributed by atoms with van der Waals surface area (Å²) in [5, 5.41) is 0. The van der Waals surface area contributed by atoms with E-state index in [0.717, 1.165) is 0 Å². The van der Waals surface area contributed by atoms with E-state index in [0.29, 0.717) is 12.4 Å². The Hall–Kier alpha value is -3.40. The van der Waals surface area contributed by atoms with Gasteiger partial charge in [0.25, 0.3) is 5.60 Å². The third kappa shape index (κ3) is 5.85. The molecule has 10 heteroatoms. The molecule has 0 radical (unpaired) electrons. The van der Waals surface area contributed by atoms with Crippen molar-refractivity contribution in [3.05, 3.63) is 60.2 Å². The Kier molecular flexibility index (Phi) is 8.36. The molecule has 0 fully saturated rings. The predicted octanol–water partition coefficient (Wildman–Crippen LogP) is 3.60. The van der Waals surface area contributed by atoms with Gasteiger partial charge in [-0.15, -0.1) is 0 Å². The molecule has 2 aromatic rings. The van der Waals surface area contributed by atoms with Gasteiger partial charge in [-0.2, -0.15) is 13.2 Å². The number of para-hydroxylation sites is 1. The van der Waals surface area contributed by atoms with Gasteiger partial charge in [0.1, 0.15) is 18.1 Å². The molecule has 1 unspecified atom stereocenters. The van der Waals surface area contributed by atoms with Crippen LogP contribution in [0.5, 0.6) is 11.5 Å². The van der Waals surface area contributed by atoms with Gasteiger partial charge in [-0.3, -0.25) is 4.79 Å². The van der Waals surface area contributed by atoms with Gasteiger partial charge < -0.3 is 18.9 Å². The molecular formula is C22H21F3O7. The Labute approximate surface area is 182 Å². The number of alkyl halides is 3. The molecule has 7 nitrogen and oxygen atoms in total. The largest absolute Gasteiger partial charge is 0.491 e. The average Bonchev–Trinajstić information content (AvgIpc) is 2.77. The van der Waals surface area contributed by atoms with Gasteiger partial charge >= 0.3 is 18.1 Å². The standard InChI is InChI=1S/C22H21F3O7/c1-3-18(26)21(32-17-7-5-4-6-8-17,19(27)31-20(28)22(23,24)25)15-9-11-16(12-10-15)30-14-13-29-2/h4-12H,3,13-14H2,1-2H3. The first-order valence-corrected chi connectivity index (χ1v) is 9.48. The second-order valence-corrected chi connectivity index (χ2v) is 6.41. The monoisotopic (exact) mass is 454 g/mol. The van der Waals surface area contributed by atoms with Crippen LogP contribution in [0.25, 0.3) is 0 Å². The van der Waals surface area contributed by atoms with E-state index >= 15 is 0 Å². The highest BCUT2D eigenvalue weighted by molar-refractivity contribution is 6.10. The number of Topliss-reactive ketones (excluding diaryl/α,β-unsaturated/α-hetero) is 1. The number of methoxy groups -OCH3 is 1. The molecule has 2 aromatic carbocycles. The summed E-state index contributed by atoms with van der Waals surface area (Å²) in [7, 11) is 1.49. The van der Waals surface area contributed by atoms with Crippen molar-refractivity contribution in [3.63, 3.8) is 0 Å². The Morgan fingerprint density at radius 1 is 0.844 bits per heavy atom. The van der Waals surface area contributed by atoms with E-state index in [-0.39, 0.29) is 24.3 Å². The Morgan fingerprint density at radius 3 is 2.00 bits per heavy atom. The zero-order chi connectivity index (χ0) is 23.8. The number of halogens is 3. The summed E-state index contributed by atoms with van der Waals surface area (Å²) in [6, 6.07) is 12.9. The van der Waals surface area contributed by atoms with Crippen LogP contribution in [0.1, 0.15) is 18.9 Å². The summed E-state index contributed by atoms with van der Waals surface area (Å²) in [5.74, 6) is -5.11. The van der Waals surface area contributed by atoms with Crippen LogP contribution in [-0.4, -0.2) is 44.2 Å². The van der Waals surface area contributed by atoms with Gasteiger partial charge in [0.15, 0.2) is 5.78 Å². The highest BCUT2D eigenvalue weighted by atomic mass is 19.4. The van der Waals surface area contributed by atoms with E-state index in [1.165, 1.54) is 62.6 Å². The van der Waals surface area contributed by atoms with Crippen molar-refractivity contribution in [2.45, 2.75) is 25.1 Å². The Bertz CT molecular complexity index is 927. The molecule has 0 bridgehead atoms. The van der Waals surface area contributed by atoms with Crippen LogP contribution >= 0.6 is 0 Å². The molecule has 0 spiro atoms. The van der Waals surface area contributed by atoms with Crippen molar-refractivity contribution in [2.24, 2.45) is 0 Å². The van der Waals surface area contributed by atoms with Gasteiger partial charge in [-0.1, -0.05) is 37.3 Å². The third-order valence-electron chi connectivity index (χ3n) is 4.25. The summed E-state index contributed by atoms with van der Waals surface area (Å²) in [4.78, 5) is 37.2. The summed E-state index contributed by atoms with van der Waals surface area (Å²) < 4.78 is 58.2. The van der Waals surface area contributed by atoms with E-state index in [9.17, 15) is 27.6 Å². The maximum Gasteiger partial charge on any atom is 0.491 e. The van der Waals surface area contributed by atoms with Crippen LogP contribution in [0.4, 0.5) is 13.2 Å². The molecule has 32 heavy (non-hydrogen) atoms. The van der Waals surface area contributed by atoms with Gasteiger partial charge in [-0.25, -0.2) is 9.59 Å². The Balaban J connectivity index is 2.53. The minimum Gasteiger partial charge on any atom is -0.491 e. The highest BCUT2D eigenvalue weighted by Gasteiger charge is 2.54. The van der Waals surface area contributed by atoms with Crippen molar-refractivity contribution in [1.29, 1.82) is 0 Å². The molecule has 0 aromatic heterocycles. The minimum atomic E-state index is -5.44. The molecule has 0 N–H and O–H groups in total. The lowest BCUT2D eigenvalue weighted by atomic mass is 9.87. The fraction of sp³-hybridized carbons (Fsp3) is 0.318. The maximum absolute atomic E-state index is 12.9. The number of hydrogen-bond donors (Lipinski definition) is 0. The number of ether oxygens (including phenoxy) is 4. The number of carbonyl (C=O) groups excluding carboxylic acids is 3. The predicted molar refractivity (Wildman–Crippen MR) is 105 cm³/mol. The number of hydrogen-bond acceptors (Lipinski definition) is 7. The van der Waals surface area contributed by atoms with Gasteiger partial charge in [0, 0.05) is 19.1 Å². The first-order valence-electron chi connectivity index (χ1n) is 9.48. The minimum absolute atomic E-state index is 0.00567. The summed E-state index contributed by atoms with van der Waals surface area (Å²) in [5.41, 5.74) is -2.78. The molecule has 0 saturated heterocycles. The number of ketones is 1. The lowest BCUT2D eigenvalue weighted by Gasteiger charge is -2.31. The maximum atomic E-state index is 12.9. The third-order valence-corrected chi connectivity index (χ3v) is 4.25. The zero-order valence-electron chi connectivity index (χ0n) is 17.3. The van der Waals surface area contributed by atoms with E-state index in [1.807, 2.05) is 0 Å². The van der Waals surface area contributed by atoms with Crippen LogP contribution in [-0.2, 0) is 29.5 Å². The zero-order valence-corrected chi connectivity index (χ0v) is 17.3. The van der Waals surface area contributed by atoms with Gasteiger partial charge in [0.2, 0.25) is 0 Å². The second kappa shape index (κ2) is 10.8.